The molecule has 1 aliphatic rings. The summed E-state index contributed by atoms with van der Waals surface area (Å²) in [6.45, 7) is 1.71. The van der Waals surface area contributed by atoms with E-state index >= 15 is 0 Å². The Balaban J connectivity index is 2.60. The SMILES string of the molecule is O=P1(N(CCCl)CCCl)NC[C@@H](Cl)CO1. The maximum atomic E-state index is 12.3. The molecule has 2 atom stereocenters. The highest BCUT2D eigenvalue weighted by atomic mass is 35.5. The predicted octanol–water partition coefficient (Wildman–Crippen LogP) is 2.10. The molecular formula is C7H14Cl3N2O2P. The molecule has 1 N–H and O–H groups in total. The fourth-order valence-corrected chi connectivity index (χ4v) is 4.25. The Bertz CT molecular complexity index is 226. The minimum Gasteiger partial charge on any atom is -0.304 e. The average molecular weight is 296 g/mol. The molecule has 4 nitrogen and oxygen atoms in total. The Hall–Kier alpha value is 0.980. The number of nitrogens with zero attached hydrogens (tertiary/aromatic N) is 1. The van der Waals surface area contributed by atoms with Gasteiger partial charge in [0.1, 0.15) is 0 Å². The van der Waals surface area contributed by atoms with Gasteiger partial charge in [0.05, 0.1) is 12.0 Å². The van der Waals surface area contributed by atoms with Gasteiger partial charge in [0.15, 0.2) is 0 Å². The molecule has 0 aliphatic carbocycles. The van der Waals surface area contributed by atoms with Crippen LogP contribution in [0.1, 0.15) is 0 Å². The van der Waals surface area contributed by atoms with E-state index in [4.69, 9.17) is 39.3 Å². The molecule has 0 radical (unpaired) electrons. The van der Waals surface area contributed by atoms with E-state index in [0.29, 0.717) is 31.4 Å². The Kier molecular flexibility index (Phi) is 6.23. The van der Waals surface area contributed by atoms with Crippen LogP contribution in [0.4, 0.5) is 0 Å². The summed E-state index contributed by atoms with van der Waals surface area (Å²) < 4.78 is 19.2. The molecule has 0 amide bonds. The lowest BCUT2D eigenvalue weighted by atomic mass is 10.5. The van der Waals surface area contributed by atoms with Crippen LogP contribution in [-0.4, -0.2) is 48.0 Å². The molecular weight excluding hydrogens is 281 g/mol. The van der Waals surface area contributed by atoms with Gasteiger partial charge in [-0.25, -0.2) is 9.76 Å². The van der Waals surface area contributed by atoms with Crippen molar-refractivity contribution in [3.8, 4) is 0 Å². The van der Waals surface area contributed by atoms with Crippen LogP contribution in [0.3, 0.4) is 0 Å². The minimum absolute atomic E-state index is 0.138. The molecule has 0 bridgehead atoms. The number of rotatable bonds is 5. The summed E-state index contributed by atoms with van der Waals surface area (Å²) >= 11 is 17.1. The fraction of sp³-hybridized carbons (Fsp3) is 1.00. The second-order valence-corrected chi connectivity index (χ2v) is 6.66. The third-order valence-electron chi connectivity index (χ3n) is 2.00. The molecule has 0 aromatic rings. The zero-order chi connectivity index (χ0) is 11.3. The zero-order valence-corrected chi connectivity index (χ0v) is 11.3. The van der Waals surface area contributed by atoms with Crippen LogP contribution in [-0.2, 0) is 9.09 Å². The summed E-state index contributed by atoms with van der Waals surface area (Å²) in [6.07, 6.45) is 0. The average Bonchev–Trinajstić information content (AvgIpc) is 2.23. The molecule has 1 rings (SSSR count). The van der Waals surface area contributed by atoms with Gasteiger partial charge in [-0.2, -0.15) is 0 Å². The Morgan fingerprint density at radius 3 is 2.40 bits per heavy atom. The lowest BCUT2D eigenvalue weighted by Gasteiger charge is -2.34. The molecule has 1 aliphatic heterocycles. The van der Waals surface area contributed by atoms with Gasteiger partial charge >= 0.3 is 7.67 Å². The van der Waals surface area contributed by atoms with Crippen molar-refractivity contribution in [2.75, 3.05) is 38.0 Å². The molecule has 15 heavy (non-hydrogen) atoms. The Labute approximate surface area is 105 Å². The number of halogens is 3. The standard InChI is InChI=1S/C7H14Cl3N2O2P/c8-1-3-12(4-2-9)15(13)11-5-7(10)6-14-15/h7H,1-6H2,(H,11,13)/t7-,15?/m1/s1. The van der Waals surface area contributed by atoms with Gasteiger partial charge in [-0.05, 0) is 0 Å². The summed E-state index contributed by atoms with van der Waals surface area (Å²) in [4.78, 5) is 0. The van der Waals surface area contributed by atoms with Gasteiger partial charge in [-0.1, -0.05) is 0 Å². The van der Waals surface area contributed by atoms with Crippen molar-refractivity contribution in [2.45, 2.75) is 5.38 Å². The molecule has 1 fully saturated rings. The van der Waals surface area contributed by atoms with Crippen LogP contribution in [0.2, 0.25) is 0 Å². The molecule has 1 unspecified atom stereocenters. The number of alkyl halides is 3. The van der Waals surface area contributed by atoms with Crippen molar-refractivity contribution in [2.24, 2.45) is 0 Å². The van der Waals surface area contributed by atoms with Crippen LogP contribution in [0.5, 0.6) is 0 Å². The highest BCUT2D eigenvalue weighted by Gasteiger charge is 2.35. The van der Waals surface area contributed by atoms with Gasteiger partial charge < -0.3 is 4.52 Å². The first-order valence-corrected chi connectivity index (χ1v) is 7.72. The maximum Gasteiger partial charge on any atom is 0.343 e. The second-order valence-electron chi connectivity index (χ2n) is 3.11. The van der Waals surface area contributed by atoms with Crippen molar-refractivity contribution >= 4 is 42.5 Å². The van der Waals surface area contributed by atoms with E-state index in [9.17, 15) is 4.57 Å². The fourth-order valence-electron chi connectivity index (χ4n) is 1.25. The molecule has 8 heteroatoms. The molecule has 1 heterocycles. The minimum atomic E-state index is -2.96. The lowest BCUT2D eigenvalue weighted by molar-refractivity contribution is 0.235. The number of hydrogen-bond donors (Lipinski definition) is 1. The van der Waals surface area contributed by atoms with E-state index < -0.39 is 7.67 Å². The van der Waals surface area contributed by atoms with Gasteiger partial charge in [0.2, 0.25) is 0 Å². The van der Waals surface area contributed by atoms with Crippen molar-refractivity contribution in [1.29, 1.82) is 0 Å². The van der Waals surface area contributed by atoms with Gasteiger partial charge in [-0.15, -0.1) is 34.8 Å². The van der Waals surface area contributed by atoms with Gasteiger partial charge in [0, 0.05) is 31.4 Å². The summed E-state index contributed by atoms with van der Waals surface area (Å²) in [7, 11) is -2.96. The van der Waals surface area contributed by atoms with Crippen molar-refractivity contribution in [3.05, 3.63) is 0 Å². The summed E-state index contributed by atoms with van der Waals surface area (Å²) in [5.74, 6) is 0.770. The smallest absolute Gasteiger partial charge is 0.304 e. The Morgan fingerprint density at radius 2 is 2.00 bits per heavy atom. The Morgan fingerprint density at radius 1 is 1.40 bits per heavy atom. The normalized spacial score (nSPS) is 32.1. The van der Waals surface area contributed by atoms with E-state index in [1.54, 1.807) is 4.67 Å². The van der Waals surface area contributed by atoms with Gasteiger partial charge in [0.25, 0.3) is 0 Å². The van der Waals surface area contributed by atoms with E-state index in [2.05, 4.69) is 5.09 Å². The van der Waals surface area contributed by atoms with Crippen molar-refractivity contribution in [1.82, 2.24) is 9.76 Å². The highest BCUT2D eigenvalue weighted by Crippen LogP contribution is 2.48. The van der Waals surface area contributed by atoms with E-state index in [0.717, 1.165) is 0 Å². The van der Waals surface area contributed by atoms with E-state index in [1.165, 1.54) is 0 Å². The van der Waals surface area contributed by atoms with Crippen LogP contribution < -0.4 is 5.09 Å². The van der Waals surface area contributed by atoms with E-state index in [-0.39, 0.29) is 12.0 Å². The van der Waals surface area contributed by atoms with E-state index in [1.807, 2.05) is 0 Å². The highest BCUT2D eigenvalue weighted by molar-refractivity contribution is 7.54. The third kappa shape index (κ3) is 4.04. The van der Waals surface area contributed by atoms with Crippen LogP contribution in [0.15, 0.2) is 0 Å². The third-order valence-corrected chi connectivity index (χ3v) is 4.84. The summed E-state index contributed by atoms with van der Waals surface area (Å²) in [5, 5.41) is 2.69. The molecule has 1 saturated heterocycles. The first kappa shape index (κ1) is 14.0. The first-order chi connectivity index (χ1) is 7.12. The predicted molar refractivity (Wildman–Crippen MR) is 64.2 cm³/mol. The summed E-state index contributed by atoms with van der Waals surface area (Å²) in [6, 6.07) is 0. The lowest BCUT2D eigenvalue weighted by Crippen LogP contribution is -2.40. The largest absolute Gasteiger partial charge is 0.343 e. The van der Waals surface area contributed by atoms with Crippen molar-refractivity contribution < 1.29 is 9.09 Å². The van der Waals surface area contributed by atoms with Crippen LogP contribution in [0, 0.1) is 0 Å². The summed E-state index contributed by atoms with van der Waals surface area (Å²) in [5.41, 5.74) is 0. The van der Waals surface area contributed by atoms with Crippen molar-refractivity contribution in [3.63, 3.8) is 0 Å². The number of hydrogen-bond acceptors (Lipinski definition) is 2. The van der Waals surface area contributed by atoms with Gasteiger partial charge in [-0.3, -0.25) is 4.57 Å². The second kappa shape index (κ2) is 6.65. The molecule has 90 valence electrons. The van der Waals surface area contributed by atoms with Crippen LogP contribution >= 0.6 is 42.5 Å². The molecule has 0 aromatic carbocycles. The molecule has 0 aromatic heterocycles. The maximum absolute atomic E-state index is 12.3. The van der Waals surface area contributed by atoms with Crippen LogP contribution in [0.25, 0.3) is 0 Å². The topological polar surface area (TPSA) is 41.6 Å². The molecule has 0 saturated carbocycles. The molecule has 0 spiro atoms. The zero-order valence-electron chi connectivity index (χ0n) is 8.16. The monoisotopic (exact) mass is 294 g/mol. The number of nitrogens with one attached hydrogen (secondary N) is 1. The quantitative estimate of drug-likeness (QED) is 0.623. The first-order valence-electron chi connectivity index (χ1n) is 4.63.